The number of nitrogens with zero attached hydrogens (tertiary/aromatic N) is 1. The van der Waals surface area contributed by atoms with E-state index in [0.717, 1.165) is 20.8 Å². The largest absolute Gasteiger partial charge is 0.462 e. The minimum absolute atomic E-state index is 0.0533. The van der Waals surface area contributed by atoms with Gasteiger partial charge in [-0.25, -0.2) is 9.59 Å². The fraction of sp³-hybridized carbons (Fsp3) is 0.513. The van der Waals surface area contributed by atoms with Crippen molar-refractivity contribution in [3.63, 3.8) is 0 Å². The first-order valence-corrected chi connectivity index (χ1v) is 17.4. The predicted octanol–water partition coefficient (Wildman–Crippen LogP) is 3.58. The molecule has 2 aromatic rings. The molecule has 1 aromatic heterocycles. The summed E-state index contributed by atoms with van der Waals surface area (Å²) in [5.74, 6) is -7.90. The number of Topliss-reactive ketones (excluding diaryl/α,β-unsaturated/α-hetero) is 1. The van der Waals surface area contributed by atoms with Crippen molar-refractivity contribution in [2.75, 3.05) is 0 Å². The van der Waals surface area contributed by atoms with E-state index in [9.17, 15) is 33.9 Å². The van der Waals surface area contributed by atoms with Gasteiger partial charge in [-0.15, -0.1) is 0 Å². The SMILES string of the molecule is C=C1[C@H](O)[C@H]2[C@@H](OC(C)=O)[C@@H](C)C[C@]2(OC(C)=O)C(=O)[C@H](C)[C@H]2O[C@@H]2C(C)(C)[C@H](OC(=O)c2cccnc2)[C@H](OC(=O)c2ccccc2)[C@H]1OC(C)=O. The van der Waals surface area contributed by atoms with Crippen LogP contribution in [0.3, 0.4) is 0 Å². The van der Waals surface area contributed by atoms with Crippen molar-refractivity contribution in [3.05, 3.63) is 78.1 Å². The van der Waals surface area contributed by atoms with E-state index in [1.807, 2.05) is 0 Å². The Morgan fingerprint density at radius 1 is 0.849 bits per heavy atom. The summed E-state index contributed by atoms with van der Waals surface area (Å²) in [6.45, 7) is 14.1. The molecule has 14 nitrogen and oxygen atoms in total. The highest BCUT2D eigenvalue weighted by atomic mass is 16.6. The molecule has 1 aliphatic heterocycles. The summed E-state index contributed by atoms with van der Waals surface area (Å²) in [5, 5.41) is 12.4. The molecule has 0 radical (unpaired) electrons. The van der Waals surface area contributed by atoms with Crippen LogP contribution in [0.4, 0.5) is 0 Å². The number of fused-ring (bicyclic) bond motifs is 2. The minimum Gasteiger partial charge on any atom is -0.462 e. The molecule has 0 bridgehead atoms. The maximum Gasteiger partial charge on any atom is 0.340 e. The molecule has 284 valence electrons. The second-order valence-corrected chi connectivity index (χ2v) is 14.6. The van der Waals surface area contributed by atoms with Gasteiger partial charge >= 0.3 is 29.8 Å². The lowest BCUT2D eigenvalue weighted by molar-refractivity contribution is -0.184. The number of hydrogen-bond acceptors (Lipinski definition) is 14. The van der Waals surface area contributed by atoms with Gasteiger partial charge in [0.05, 0.1) is 35.4 Å². The summed E-state index contributed by atoms with van der Waals surface area (Å²) in [4.78, 5) is 84.6. The van der Waals surface area contributed by atoms with Gasteiger partial charge in [-0.05, 0) is 35.8 Å². The molecule has 1 aromatic carbocycles. The molecule has 0 amide bonds. The number of hydrogen-bond donors (Lipinski definition) is 1. The van der Waals surface area contributed by atoms with Crippen LogP contribution >= 0.6 is 0 Å². The quantitative estimate of drug-likeness (QED) is 0.188. The number of benzene rings is 1. The molecule has 14 heteroatoms. The van der Waals surface area contributed by atoms with Crippen LogP contribution < -0.4 is 0 Å². The summed E-state index contributed by atoms with van der Waals surface area (Å²) < 4.78 is 35.9. The average Bonchev–Trinajstić information content (AvgIpc) is 3.88. The van der Waals surface area contributed by atoms with Gasteiger partial charge in [0.25, 0.3) is 0 Å². The second kappa shape index (κ2) is 15.2. The monoisotopic (exact) mass is 735 g/mol. The minimum atomic E-state index is -2.06. The van der Waals surface area contributed by atoms with Crippen LogP contribution in [0, 0.1) is 23.2 Å². The van der Waals surface area contributed by atoms with Crippen molar-refractivity contribution in [1.82, 2.24) is 4.98 Å². The molecule has 2 heterocycles. The van der Waals surface area contributed by atoms with E-state index in [2.05, 4.69) is 11.6 Å². The third kappa shape index (κ3) is 7.74. The van der Waals surface area contributed by atoms with Gasteiger partial charge in [-0.1, -0.05) is 52.5 Å². The molecule has 53 heavy (non-hydrogen) atoms. The number of aromatic nitrogens is 1. The van der Waals surface area contributed by atoms with Crippen LogP contribution in [0.2, 0.25) is 0 Å². The number of ketones is 1. The van der Waals surface area contributed by atoms with E-state index in [4.69, 9.17) is 28.4 Å². The Bertz CT molecular complexity index is 1760. The van der Waals surface area contributed by atoms with Gasteiger partial charge in [-0.2, -0.15) is 0 Å². The summed E-state index contributed by atoms with van der Waals surface area (Å²) in [7, 11) is 0. The van der Waals surface area contributed by atoms with Crippen molar-refractivity contribution < 1.29 is 62.3 Å². The average molecular weight is 736 g/mol. The van der Waals surface area contributed by atoms with Gasteiger partial charge in [0.2, 0.25) is 0 Å². The molecular formula is C39H45NO13. The van der Waals surface area contributed by atoms with Crippen LogP contribution in [0.15, 0.2) is 67.0 Å². The molecule has 1 saturated heterocycles. The first-order valence-electron chi connectivity index (χ1n) is 17.4. The molecule has 5 rings (SSSR count). The normalized spacial score (nSPS) is 33.4. The van der Waals surface area contributed by atoms with E-state index in [1.54, 1.807) is 45.9 Å². The van der Waals surface area contributed by atoms with Crippen molar-refractivity contribution >= 4 is 35.6 Å². The van der Waals surface area contributed by atoms with Gasteiger partial charge < -0.3 is 33.5 Å². The van der Waals surface area contributed by atoms with Crippen LogP contribution in [0.25, 0.3) is 0 Å². The lowest BCUT2D eigenvalue weighted by atomic mass is 9.70. The number of carbonyl (C=O) groups excluding carboxylic acids is 6. The van der Waals surface area contributed by atoms with Gasteiger partial charge in [0, 0.05) is 50.9 Å². The Labute approximate surface area is 307 Å². The molecule has 3 fully saturated rings. The molecule has 11 atom stereocenters. The number of epoxide rings is 1. The molecule has 2 saturated carbocycles. The number of aliphatic hydroxyl groups is 1. The predicted molar refractivity (Wildman–Crippen MR) is 184 cm³/mol. The van der Waals surface area contributed by atoms with E-state index in [-0.39, 0.29) is 23.1 Å². The van der Waals surface area contributed by atoms with Crippen molar-refractivity contribution in [3.8, 4) is 0 Å². The number of pyridine rings is 1. The van der Waals surface area contributed by atoms with Crippen molar-refractivity contribution in [2.24, 2.45) is 23.2 Å². The number of carbonyl (C=O) groups is 6. The van der Waals surface area contributed by atoms with Crippen molar-refractivity contribution in [1.29, 1.82) is 0 Å². The first-order chi connectivity index (χ1) is 24.9. The molecule has 0 unspecified atom stereocenters. The highest BCUT2D eigenvalue weighted by Gasteiger charge is 2.69. The smallest absolute Gasteiger partial charge is 0.340 e. The number of aliphatic hydroxyl groups excluding tert-OH is 1. The standard InChI is InChI=1S/C39H45NO13/c1-19-17-39(53-24(6)43)27(29(19)48-22(4)41)28(44)20(2)30(49-23(5)42)32(51-36(46)25-13-10-9-11-14-25)35(52-37(47)26-15-12-16-40-18-26)38(7,8)34-31(50-34)21(3)33(39)45/h9-16,18-19,21,27-32,34-35,44H,2,17H2,1,3-8H3/t19-,21+,27-,28-,29-,30-,31+,32+,34-,35+,39+/m0/s1. The van der Waals surface area contributed by atoms with Crippen molar-refractivity contribution in [2.45, 2.75) is 103 Å². The Balaban J connectivity index is 1.75. The number of rotatable bonds is 7. The number of ether oxygens (including phenoxy) is 6. The fourth-order valence-electron chi connectivity index (χ4n) is 7.94. The summed E-state index contributed by atoms with van der Waals surface area (Å²) >= 11 is 0. The third-order valence-corrected chi connectivity index (χ3v) is 10.4. The van der Waals surface area contributed by atoms with Crippen LogP contribution in [0.5, 0.6) is 0 Å². The van der Waals surface area contributed by atoms with E-state index in [1.165, 1.54) is 36.7 Å². The first kappa shape index (κ1) is 39.3. The van der Waals surface area contributed by atoms with E-state index >= 15 is 0 Å². The lowest BCUT2D eigenvalue weighted by Crippen LogP contribution is -2.60. The topological polar surface area (TPSA) is 194 Å². The van der Waals surface area contributed by atoms with Gasteiger partial charge in [0.1, 0.15) is 6.10 Å². The highest BCUT2D eigenvalue weighted by molar-refractivity contribution is 5.93. The maximum atomic E-state index is 14.8. The summed E-state index contributed by atoms with van der Waals surface area (Å²) in [6.07, 6.45) is -7.12. The molecule has 2 aliphatic carbocycles. The molecule has 3 aliphatic rings. The lowest BCUT2D eigenvalue weighted by Gasteiger charge is -2.44. The highest BCUT2D eigenvalue weighted by Crippen LogP contribution is 2.54. The van der Waals surface area contributed by atoms with E-state index < -0.39 is 107 Å². The fourth-order valence-corrected chi connectivity index (χ4v) is 7.94. The van der Waals surface area contributed by atoms with Crippen LogP contribution in [-0.4, -0.2) is 94.0 Å². The Kier molecular flexibility index (Phi) is 11.3. The number of esters is 5. The zero-order valence-electron chi connectivity index (χ0n) is 30.7. The molecule has 0 spiro atoms. The Morgan fingerprint density at radius 3 is 2.06 bits per heavy atom. The van der Waals surface area contributed by atoms with Gasteiger partial charge in [-0.3, -0.25) is 24.2 Å². The van der Waals surface area contributed by atoms with E-state index in [0.29, 0.717) is 0 Å². The van der Waals surface area contributed by atoms with Crippen LogP contribution in [-0.2, 0) is 47.6 Å². The molecular weight excluding hydrogens is 690 g/mol. The second-order valence-electron chi connectivity index (χ2n) is 14.6. The van der Waals surface area contributed by atoms with Crippen LogP contribution in [0.1, 0.15) is 75.6 Å². The Hall–Kier alpha value is -4.95. The Morgan fingerprint density at radius 2 is 1.47 bits per heavy atom. The maximum absolute atomic E-state index is 14.8. The molecule has 1 N–H and O–H groups in total. The van der Waals surface area contributed by atoms with Gasteiger partial charge in [0.15, 0.2) is 29.7 Å². The third-order valence-electron chi connectivity index (χ3n) is 10.4. The zero-order valence-corrected chi connectivity index (χ0v) is 30.7. The summed E-state index contributed by atoms with van der Waals surface area (Å²) in [6, 6.07) is 10.9. The summed E-state index contributed by atoms with van der Waals surface area (Å²) in [5.41, 5.74) is -3.52. The zero-order chi connectivity index (χ0) is 39.0.